The fourth-order valence-electron chi connectivity index (χ4n) is 3.26. The first-order valence-corrected chi connectivity index (χ1v) is 9.43. The average molecular weight is 370 g/mol. The molecule has 0 aromatic heterocycles. The van der Waals surface area contributed by atoms with Gasteiger partial charge < -0.3 is 14.4 Å². The number of fused-ring (bicyclic) bond motifs is 1. The molecule has 0 bridgehead atoms. The molecule has 1 fully saturated rings. The van der Waals surface area contributed by atoms with Crippen molar-refractivity contribution in [3.8, 4) is 5.75 Å². The molecule has 1 heterocycles. The molecule has 0 spiro atoms. The van der Waals surface area contributed by atoms with Gasteiger partial charge in [0.25, 0.3) is 5.91 Å². The van der Waals surface area contributed by atoms with Gasteiger partial charge in [-0.15, -0.1) is 0 Å². The van der Waals surface area contributed by atoms with E-state index < -0.39 is 0 Å². The molecule has 2 aromatic carbocycles. The second-order valence-corrected chi connectivity index (χ2v) is 6.61. The Kier molecular flexibility index (Phi) is 6.65. The Labute approximate surface area is 159 Å². The third kappa shape index (κ3) is 5.44. The normalized spacial score (nSPS) is 15.4. The van der Waals surface area contributed by atoms with Crippen molar-refractivity contribution >= 4 is 22.6 Å². The lowest BCUT2D eigenvalue weighted by Gasteiger charge is -2.21. The van der Waals surface area contributed by atoms with E-state index in [1.54, 1.807) is 6.92 Å². The van der Waals surface area contributed by atoms with Gasteiger partial charge in [-0.05, 0) is 36.2 Å². The monoisotopic (exact) mass is 370 g/mol. The van der Waals surface area contributed by atoms with Crippen LogP contribution in [0.1, 0.15) is 13.3 Å². The van der Waals surface area contributed by atoms with E-state index in [9.17, 15) is 9.59 Å². The van der Waals surface area contributed by atoms with Gasteiger partial charge in [-0.2, -0.15) is 0 Å². The second-order valence-electron chi connectivity index (χ2n) is 6.61. The molecule has 0 radical (unpaired) electrons. The van der Waals surface area contributed by atoms with Gasteiger partial charge in [0.05, 0.1) is 13.2 Å². The second kappa shape index (κ2) is 9.37. The molecule has 1 saturated heterocycles. The molecule has 6 nitrogen and oxygen atoms in total. The minimum Gasteiger partial charge on any atom is -0.484 e. The summed E-state index contributed by atoms with van der Waals surface area (Å²) < 4.78 is 10.7. The predicted octanol–water partition coefficient (Wildman–Crippen LogP) is 2.32. The van der Waals surface area contributed by atoms with Gasteiger partial charge in [0, 0.05) is 26.2 Å². The van der Waals surface area contributed by atoms with Crippen LogP contribution < -0.4 is 4.74 Å². The first-order chi connectivity index (χ1) is 13.2. The number of amides is 1. The lowest BCUT2D eigenvalue weighted by atomic mass is 10.1. The molecule has 1 aliphatic rings. The SMILES string of the molecule is CCOC(=O)CN1CCCN(C(=O)COc2ccc3ccccc3c2)CC1. The summed E-state index contributed by atoms with van der Waals surface area (Å²) in [5.74, 6) is 0.457. The van der Waals surface area contributed by atoms with Gasteiger partial charge in [0.2, 0.25) is 0 Å². The van der Waals surface area contributed by atoms with Gasteiger partial charge in [-0.25, -0.2) is 0 Å². The molecule has 6 heteroatoms. The molecule has 0 unspecified atom stereocenters. The summed E-state index contributed by atoms with van der Waals surface area (Å²) in [7, 11) is 0. The largest absolute Gasteiger partial charge is 0.484 e. The topological polar surface area (TPSA) is 59.1 Å². The van der Waals surface area contributed by atoms with Gasteiger partial charge in [-0.1, -0.05) is 30.3 Å². The number of benzene rings is 2. The number of carbonyl (C=O) groups is 2. The number of ether oxygens (including phenoxy) is 2. The van der Waals surface area contributed by atoms with Crippen LogP contribution in [-0.4, -0.2) is 67.6 Å². The van der Waals surface area contributed by atoms with Crippen LogP contribution in [0.15, 0.2) is 42.5 Å². The third-order valence-electron chi connectivity index (χ3n) is 4.68. The molecule has 144 valence electrons. The van der Waals surface area contributed by atoms with Crippen molar-refractivity contribution in [2.24, 2.45) is 0 Å². The van der Waals surface area contributed by atoms with Crippen LogP contribution in [0.2, 0.25) is 0 Å². The first kappa shape index (κ1) is 19.2. The van der Waals surface area contributed by atoms with Crippen molar-refractivity contribution in [1.29, 1.82) is 0 Å². The first-order valence-electron chi connectivity index (χ1n) is 9.43. The molecule has 0 N–H and O–H groups in total. The van der Waals surface area contributed by atoms with E-state index in [0.29, 0.717) is 32.0 Å². The van der Waals surface area contributed by atoms with Gasteiger partial charge in [-0.3, -0.25) is 14.5 Å². The van der Waals surface area contributed by atoms with Crippen LogP contribution in [-0.2, 0) is 14.3 Å². The Balaban J connectivity index is 1.49. The highest BCUT2D eigenvalue weighted by atomic mass is 16.5. The van der Waals surface area contributed by atoms with E-state index in [1.807, 2.05) is 52.3 Å². The summed E-state index contributed by atoms with van der Waals surface area (Å²) in [5.41, 5.74) is 0. The predicted molar refractivity (Wildman–Crippen MR) is 104 cm³/mol. The average Bonchev–Trinajstić information content (AvgIpc) is 2.91. The maximum absolute atomic E-state index is 12.5. The summed E-state index contributed by atoms with van der Waals surface area (Å²) in [4.78, 5) is 28.0. The van der Waals surface area contributed by atoms with Crippen LogP contribution in [0.5, 0.6) is 5.75 Å². The maximum atomic E-state index is 12.5. The van der Waals surface area contributed by atoms with E-state index in [1.165, 1.54) is 0 Å². The molecule has 0 aliphatic carbocycles. The number of carbonyl (C=O) groups excluding carboxylic acids is 2. The van der Waals surface area contributed by atoms with Crippen LogP contribution >= 0.6 is 0 Å². The van der Waals surface area contributed by atoms with E-state index >= 15 is 0 Å². The molecule has 0 atom stereocenters. The van der Waals surface area contributed by atoms with Crippen LogP contribution in [0.3, 0.4) is 0 Å². The van der Waals surface area contributed by atoms with E-state index in [0.717, 1.165) is 23.7 Å². The fourth-order valence-corrected chi connectivity index (χ4v) is 3.26. The Hall–Kier alpha value is -2.60. The summed E-state index contributed by atoms with van der Waals surface area (Å²) >= 11 is 0. The van der Waals surface area contributed by atoms with Crippen molar-refractivity contribution in [2.45, 2.75) is 13.3 Å². The van der Waals surface area contributed by atoms with Crippen LogP contribution in [0.25, 0.3) is 10.8 Å². The molecule has 3 rings (SSSR count). The van der Waals surface area contributed by atoms with Gasteiger partial charge in [0.1, 0.15) is 5.75 Å². The van der Waals surface area contributed by atoms with E-state index in [4.69, 9.17) is 9.47 Å². The molecule has 2 aromatic rings. The summed E-state index contributed by atoms with van der Waals surface area (Å²) in [6.07, 6.45) is 0.834. The van der Waals surface area contributed by atoms with Crippen molar-refractivity contribution in [3.05, 3.63) is 42.5 Å². The minimum atomic E-state index is -0.211. The lowest BCUT2D eigenvalue weighted by Crippen LogP contribution is -2.39. The molecule has 0 saturated carbocycles. The molecular weight excluding hydrogens is 344 g/mol. The van der Waals surface area contributed by atoms with Gasteiger partial charge >= 0.3 is 5.97 Å². The van der Waals surface area contributed by atoms with Crippen molar-refractivity contribution in [1.82, 2.24) is 9.80 Å². The number of hydrogen-bond donors (Lipinski definition) is 0. The van der Waals surface area contributed by atoms with Crippen LogP contribution in [0.4, 0.5) is 0 Å². The Morgan fingerprint density at radius 2 is 1.81 bits per heavy atom. The highest BCUT2D eigenvalue weighted by molar-refractivity contribution is 5.84. The Morgan fingerprint density at radius 1 is 1.00 bits per heavy atom. The third-order valence-corrected chi connectivity index (χ3v) is 4.68. The minimum absolute atomic E-state index is 0.0240. The van der Waals surface area contributed by atoms with Crippen molar-refractivity contribution in [3.63, 3.8) is 0 Å². The van der Waals surface area contributed by atoms with Crippen molar-refractivity contribution < 1.29 is 19.1 Å². The summed E-state index contributed by atoms with van der Waals surface area (Å²) in [6.45, 7) is 5.23. The van der Waals surface area contributed by atoms with Crippen LogP contribution in [0, 0.1) is 0 Å². The molecule has 1 amide bonds. The molecule has 1 aliphatic heterocycles. The number of esters is 1. The zero-order valence-electron chi connectivity index (χ0n) is 15.7. The highest BCUT2D eigenvalue weighted by Gasteiger charge is 2.21. The maximum Gasteiger partial charge on any atom is 0.320 e. The van der Waals surface area contributed by atoms with Crippen molar-refractivity contribution in [2.75, 3.05) is 45.9 Å². The smallest absolute Gasteiger partial charge is 0.320 e. The fraction of sp³-hybridized carbons (Fsp3) is 0.429. The zero-order chi connectivity index (χ0) is 19.1. The summed E-state index contributed by atoms with van der Waals surface area (Å²) in [5, 5.41) is 2.23. The number of nitrogens with zero attached hydrogens (tertiary/aromatic N) is 2. The number of hydrogen-bond acceptors (Lipinski definition) is 5. The zero-order valence-corrected chi connectivity index (χ0v) is 15.7. The lowest BCUT2D eigenvalue weighted by molar-refractivity contribution is -0.144. The van der Waals surface area contributed by atoms with E-state index in [2.05, 4.69) is 0 Å². The molecular formula is C21H26N2O4. The van der Waals surface area contributed by atoms with E-state index in [-0.39, 0.29) is 25.0 Å². The standard InChI is InChI=1S/C21H26N2O4/c1-2-26-21(25)15-22-10-5-11-23(13-12-22)20(24)16-27-19-9-8-17-6-3-4-7-18(17)14-19/h3-4,6-9,14H,2,5,10-13,15-16H2,1H3. The summed E-state index contributed by atoms with van der Waals surface area (Å²) in [6, 6.07) is 13.9. The Bertz CT molecular complexity index is 793. The Morgan fingerprint density at radius 3 is 2.63 bits per heavy atom. The van der Waals surface area contributed by atoms with Gasteiger partial charge in [0.15, 0.2) is 6.61 Å². The quantitative estimate of drug-likeness (QED) is 0.731. The highest BCUT2D eigenvalue weighted by Crippen LogP contribution is 2.20. The molecule has 27 heavy (non-hydrogen) atoms. The number of rotatable bonds is 6.